The Kier molecular flexibility index (Phi) is 5.58. The van der Waals surface area contributed by atoms with Crippen LogP contribution in [0, 0.1) is 0 Å². The molecule has 0 amide bonds. The highest BCUT2D eigenvalue weighted by molar-refractivity contribution is 9.11. The largest absolute Gasteiger partial charge is 0.252 e. The van der Waals surface area contributed by atoms with Crippen molar-refractivity contribution in [2.45, 2.75) is 38.6 Å². The zero-order valence-corrected chi connectivity index (χ0v) is 14.1. The molecule has 1 unspecified atom stereocenters. The summed E-state index contributed by atoms with van der Waals surface area (Å²) < 4.78 is 4.16. The van der Waals surface area contributed by atoms with Gasteiger partial charge in [-0.15, -0.1) is 0 Å². The van der Waals surface area contributed by atoms with E-state index in [9.17, 15) is 0 Å². The lowest BCUT2D eigenvalue weighted by Crippen LogP contribution is -2.10. The molecule has 1 aromatic carbocycles. The van der Waals surface area contributed by atoms with Crippen LogP contribution in [0.2, 0.25) is 0 Å². The summed E-state index contributed by atoms with van der Waals surface area (Å²) in [6.07, 6.45) is 6.97. The van der Waals surface area contributed by atoms with Gasteiger partial charge in [0.2, 0.25) is 0 Å². The number of unbranched alkanes of at least 4 members (excludes halogenated alkanes) is 1. The van der Waals surface area contributed by atoms with Crippen LogP contribution in [-0.4, -0.2) is 14.8 Å². The highest BCUT2D eigenvalue weighted by atomic mass is 79.9. The third-order valence-electron chi connectivity index (χ3n) is 3.18. The van der Waals surface area contributed by atoms with Gasteiger partial charge in [-0.2, -0.15) is 5.10 Å². The Morgan fingerprint density at radius 3 is 2.79 bits per heavy atom. The standard InChI is InChI=1S/C14H17Br2N3/c1-2-3-4-11(8-19-10-17-9-18-19)13-6-5-12(15)7-14(13)16/h5-7,9-11H,2-4,8H2,1H3. The Morgan fingerprint density at radius 1 is 1.32 bits per heavy atom. The van der Waals surface area contributed by atoms with E-state index in [1.54, 1.807) is 12.7 Å². The van der Waals surface area contributed by atoms with Crippen LogP contribution < -0.4 is 0 Å². The number of rotatable bonds is 6. The van der Waals surface area contributed by atoms with Crippen molar-refractivity contribution >= 4 is 31.9 Å². The minimum absolute atomic E-state index is 0.462. The van der Waals surface area contributed by atoms with Crippen LogP contribution in [0.3, 0.4) is 0 Å². The third kappa shape index (κ3) is 4.14. The molecule has 19 heavy (non-hydrogen) atoms. The van der Waals surface area contributed by atoms with Crippen LogP contribution in [0.5, 0.6) is 0 Å². The monoisotopic (exact) mass is 385 g/mol. The Labute approximate surface area is 130 Å². The van der Waals surface area contributed by atoms with Crippen molar-refractivity contribution in [2.24, 2.45) is 0 Å². The molecule has 0 radical (unpaired) electrons. The van der Waals surface area contributed by atoms with Crippen molar-refractivity contribution in [1.82, 2.24) is 14.8 Å². The van der Waals surface area contributed by atoms with Gasteiger partial charge < -0.3 is 0 Å². The van der Waals surface area contributed by atoms with Crippen molar-refractivity contribution < 1.29 is 0 Å². The molecule has 0 bridgehead atoms. The van der Waals surface area contributed by atoms with Gasteiger partial charge in [0.15, 0.2) is 0 Å². The summed E-state index contributed by atoms with van der Waals surface area (Å²) >= 11 is 7.17. The van der Waals surface area contributed by atoms with E-state index in [1.807, 2.05) is 4.68 Å². The van der Waals surface area contributed by atoms with Crippen molar-refractivity contribution in [3.8, 4) is 0 Å². The molecule has 0 aliphatic heterocycles. The Bertz CT molecular complexity index is 511. The Morgan fingerprint density at radius 2 is 2.16 bits per heavy atom. The Balaban J connectivity index is 2.20. The molecule has 5 heteroatoms. The van der Waals surface area contributed by atoms with E-state index in [4.69, 9.17) is 0 Å². The first-order valence-corrected chi connectivity index (χ1v) is 8.06. The summed E-state index contributed by atoms with van der Waals surface area (Å²) in [5.74, 6) is 0.462. The number of nitrogens with zero attached hydrogens (tertiary/aromatic N) is 3. The molecular weight excluding hydrogens is 370 g/mol. The van der Waals surface area contributed by atoms with Gasteiger partial charge in [-0.05, 0) is 24.1 Å². The molecule has 102 valence electrons. The van der Waals surface area contributed by atoms with Crippen molar-refractivity contribution in [2.75, 3.05) is 0 Å². The molecule has 1 atom stereocenters. The van der Waals surface area contributed by atoms with Gasteiger partial charge in [0.05, 0.1) is 0 Å². The molecule has 0 aliphatic rings. The van der Waals surface area contributed by atoms with E-state index in [-0.39, 0.29) is 0 Å². The summed E-state index contributed by atoms with van der Waals surface area (Å²) in [6, 6.07) is 6.39. The van der Waals surface area contributed by atoms with Gasteiger partial charge in [0.25, 0.3) is 0 Å². The fourth-order valence-electron chi connectivity index (χ4n) is 2.18. The number of halogens is 2. The first kappa shape index (κ1) is 14.7. The van der Waals surface area contributed by atoms with Crippen molar-refractivity contribution in [3.63, 3.8) is 0 Å². The highest BCUT2D eigenvalue weighted by Crippen LogP contribution is 2.32. The molecular formula is C14H17Br2N3. The number of benzene rings is 1. The van der Waals surface area contributed by atoms with E-state index in [0.717, 1.165) is 21.9 Å². The summed E-state index contributed by atoms with van der Waals surface area (Å²) in [6.45, 7) is 3.10. The molecule has 0 saturated heterocycles. The third-order valence-corrected chi connectivity index (χ3v) is 4.36. The molecule has 1 aromatic heterocycles. The summed E-state index contributed by atoms with van der Waals surface area (Å²) in [7, 11) is 0. The molecule has 0 fully saturated rings. The van der Waals surface area contributed by atoms with Crippen LogP contribution in [0.15, 0.2) is 39.8 Å². The molecule has 1 heterocycles. The maximum absolute atomic E-state index is 4.22. The minimum Gasteiger partial charge on any atom is -0.252 e. The van der Waals surface area contributed by atoms with E-state index in [2.05, 4.69) is 67.1 Å². The highest BCUT2D eigenvalue weighted by Gasteiger charge is 2.15. The fraction of sp³-hybridized carbons (Fsp3) is 0.429. The Hall–Kier alpha value is -0.680. The second kappa shape index (κ2) is 7.20. The van der Waals surface area contributed by atoms with Crippen molar-refractivity contribution in [1.29, 1.82) is 0 Å². The van der Waals surface area contributed by atoms with E-state index in [0.29, 0.717) is 5.92 Å². The quantitative estimate of drug-likeness (QED) is 0.715. The molecule has 2 rings (SSSR count). The van der Waals surface area contributed by atoms with E-state index < -0.39 is 0 Å². The first-order valence-electron chi connectivity index (χ1n) is 6.48. The molecule has 3 nitrogen and oxygen atoms in total. The molecule has 0 spiro atoms. The molecule has 0 aliphatic carbocycles. The minimum atomic E-state index is 0.462. The van der Waals surface area contributed by atoms with Crippen LogP contribution >= 0.6 is 31.9 Å². The lowest BCUT2D eigenvalue weighted by atomic mass is 9.93. The van der Waals surface area contributed by atoms with Crippen LogP contribution in [0.1, 0.15) is 37.7 Å². The zero-order chi connectivity index (χ0) is 13.7. The smallest absolute Gasteiger partial charge is 0.137 e. The number of hydrogen-bond donors (Lipinski definition) is 0. The summed E-state index contributed by atoms with van der Waals surface area (Å²) in [5.41, 5.74) is 1.34. The number of aromatic nitrogens is 3. The average Bonchev–Trinajstić information content (AvgIpc) is 2.88. The fourth-order valence-corrected chi connectivity index (χ4v) is 3.55. The predicted octanol–water partition coefficient (Wildman–Crippen LogP) is 4.78. The zero-order valence-electron chi connectivity index (χ0n) is 10.9. The first-order chi connectivity index (χ1) is 9.20. The van der Waals surface area contributed by atoms with E-state index >= 15 is 0 Å². The molecule has 0 saturated carbocycles. The SMILES string of the molecule is CCCCC(Cn1cncn1)c1ccc(Br)cc1Br. The summed E-state index contributed by atoms with van der Waals surface area (Å²) in [4.78, 5) is 4.02. The van der Waals surface area contributed by atoms with Gasteiger partial charge >= 0.3 is 0 Å². The van der Waals surface area contributed by atoms with Crippen molar-refractivity contribution in [3.05, 3.63) is 45.4 Å². The lowest BCUT2D eigenvalue weighted by molar-refractivity contribution is 0.473. The average molecular weight is 387 g/mol. The van der Waals surface area contributed by atoms with Crippen LogP contribution in [0.4, 0.5) is 0 Å². The van der Waals surface area contributed by atoms with Gasteiger partial charge in [0.1, 0.15) is 12.7 Å². The number of hydrogen-bond acceptors (Lipinski definition) is 2. The molecule has 0 N–H and O–H groups in total. The van der Waals surface area contributed by atoms with E-state index in [1.165, 1.54) is 18.4 Å². The van der Waals surface area contributed by atoms with Gasteiger partial charge in [-0.1, -0.05) is 57.7 Å². The van der Waals surface area contributed by atoms with Gasteiger partial charge in [0, 0.05) is 21.4 Å². The second-order valence-corrected chi connectivity index (χ2v) is 6.39. The lowest BCUT2D eigenvalue weighted by Gasteiger charge is -2.18. The van der Waals surface area contributed by atoms with Crippen LogP contribution in [-0.2, 0) is 6.54 Å². The topological polar surface area (TPSA) is 30.7 Å². The maximum Gasteiger partial charge on any atom is 0.137 e. The second-order valence-electron chi connectivity index (χ2n) is 4.62. The van der Waals surface area contributed by atoms with Gasteiger partial charge in [-0.3, -0.25) is 4.68 Å². The maximum atomic E-state index is 4.22. The van der Waals surface area contributed by atoms with Gasteiger partial charge in [-0.25, -0.2) is 4.98 Å². The molecule has 2 aromatic rings. The predicted molar refractivity (Wildman–Crippen MR) is 84.1 cm³/mol. The normalized spacial score (nSPS) is 12.6. The summed E-state index contributed by atoms with van der Waals surface area (Å²) in [5, 5.41) is 4.22. The van der Waals surface area contributed by atoms with Crippen LogP contribution in [0.25, 0.3) is 0 Å².